The largest absolute Gasteiger partial charge is 0.269 e. The van der Waals surface area contributed by atoms with Crippen LogP contribution >= 0.6 is 11.3 Å². The maximum atomic E-state index is 12.0. The zero-order valence-electron chi connectivity index (χ0n) is 8.31. The van der Waals surface area contributed by atoms with Gasteiger partial charge in [0.15, 0.2) is 0 Å². The highest BCUT2D eigenvalue weighted by Gasteiger charge is 2.20. The van der Waals surface area contributed by atoms with E-state index in [2.05, 4.69) is 4.98 Å². The Bertz CT molecular complexity index is 632. The van der Waals surface area contributed by atoms with Crippen molar-refractivity contribution in [2.24, 2.45) is 0 Å². The number of nitro groups is 1. The number of rotatable bonds is 3. The molecule has 2 aromatic rings. The lowest BCUT2D eigenvalue weighted by Crippen LogP contribution is -1.99. The Kier molecular flexibility index (Phi) is 2.90. The van der Waals surface area contributed by atoms with E-state index in [9.17, 15) is 18.5 Å². The van der Waals surface area contributed by atoms with Gasteiger partial charge < -0.3 is 0 Å². The summed E-state index contributed by atoms with van der Waals surface area (Å²) in [5, 5.41) is 10.4. The van der Waals surface area contributed by atoms with Crippen LogP contribution in [0.15, 0.2) is 45.1 Å². The Balaban J connectivity index is 2.45. The van der Waals surface area contributed by atoms with E-state index in [4.69, 9.17) is 0 Å². The molecule has 0 N–H and O–H groups in total. The van der Waals surface area contributed by atoms with Crippen LogP contribution in [0, 0.1) is 10.1 Å². The van der Waals surface area contributed by atoms with E-state index in [-0.39, 0.29) is 14.8 Å². The molecule has 0 aliphatic rings. The van der Waals surface area contributed by atoms with Crippen molar-refractivity contribution in [3.8, 4) is 0 Å². The van der Waals surface area contributed by atoms with Crippen LogP contribution in [0.1, 0.15) is 0 Å². The minimum atomic E-state index is -3.60. The van der Waals surface area contributed by atoms with E-state index in [0.29, 0.717) is 0 Å². The van der Waals surface area contributed by atoms with Crippen molar-refractivity contribution >= 4 is 26.9 Å². The molecule has 0 aliphatic carbocycles. The van der Waals surface area contributed by atoms with Gasteiger partial charge in [0.05, 0.1) is 21.5 Å². The van der Waals surface area contributed by atoms with Crippen LogP contribution in [0.2, 0.25) is 0 Å². The number of thiazole rings is 1. The molecule has 2 rings (SSSR count). The lowest BCUT2D eigenvalue weighted by atomic mass is 10.3. The van der Waals surface area contributed by atoms with Gasteiger partial charge in [0.2, 0.25) is 9.84 Å². The summed E-state index contributed by atoms with van der Waals surface area (Å²) in [6.45, 7) is 0. The quantitative estimate of drug-likeness (QED) is 0.627. The predicted octanol–water partition coefficient (Wildman–Crippen LogP) is 1.88. The van der Waals surface area contributed by atoms with E-state index >= 15 is 0 Å². The first kappa shape index (κ1) is 11.7. The average Bonchev–Trinajstić information content (AvgIpc) is 2.83. The number of hydrogen-bond donors (Lipinski definition) is 0. The maximum absolute atomic E-state index is 12.0. The van der Waals surface area contributed by atoms with Crippen molar-refractivity contribution in [2.45, 2.75) is 9.10 Å². The third kappa shape index (κ3) is 2.17. The maximum Gasteiger partial charge on any atom is 0.269 e. The number of sulfone groups is 1. The number of benzene rings is 1. The predicted molar refractivity (Wildman–Crippen MR) is 60.7 cm³/mol. The van der Waals surface area contributed by atoms with Crippen molar-refractivity contribution < 1.29 is 13.3 Å². The third-order valence-corrected chi connectivity index (χ3v) is 5.07. The molecule has 1 aromatic carbocycles. The van der Waals surface area contributed by atoms with E-state index in [1.54, 1.807) is 0 Å². The van der Waals surface area contributed by atoms with E-state index in [1.165, 1.54) is 23.8 Å². The van der Waals surface area contributed by atoms with Crippen molar-refractivity contribution in [2.75, 3.05) is 0 Å². The molecule has 0 aliphatic heterocycles. The van der Waals surface area contributed by atoms with Crippen LogP contribution in [-0.2, 0) is 9.84 Å². The molecule has 88 valence electrons. The van der Waals surface area contributed by atoms with Gasteiger partial charge in [0.1, 0.15) is 4.21 Å². The first-order valence-corrected chi connectivity index (χ1v) is 6.76. The molecule has 17 heavy (non-hydrogen) atoms. The highest BCUT2D eigenvalue weighted by atomic mass is 32.2. The van der Waals surface area contributed by atoms with Crippen molar-refractivity contribution in [1.82, 2.24) is 4.98 Å². The molecule has 1 aromatic heterocycles. The standard InChI is InChI=1S/C9H6N2O4S2/c12-11(13)7-1-3-8(4-2-7)17(14,15)9-5-10-6-16-9/h1-6H. The summed E-state index contributed by atoms with van der Waals surface area (Å²) in [4.78, 5) is 13.6. The zero-order valence-corrected chi connectivity index (χ0v) is 9.94. The van der Waals surface area contributed by atoms with Gasteiger partial charge in [-0.1, -0.05) is 0 Å². The fraction of sp³-hybridized carbons (Fsp3) is 0. The van der Waals surface area contributed by atoms with E-state index in [1.807, 2.05) is 0 Å². The van der Waals surface area contributed by atoms with Crippen molar-refractivity contribution in [3.63, 3.8) is 0 Å². The van der Waals surface area contributed by atoms with Crippen LogP contribution < -0.4 is 0 Å². The van der Waals surface area contributed by atoms with Crippen LogP contribution in [0.5, 0.6) is 0 Å². The first-order chi connectivity index (χ1) is 8.01. The number of nitrogens with zero attached hydrogens (tertiary/aromatic N) is 2. The molecule has 1 heterocycles. The minimum Gasteiger partial charge on any atom is -0.258 e. The van der Waals surface area contributed by atoms with Crippen LogP contribution in [0.3, 0.4) is 0 Å². The fourth-order valence-corrected chi connectivity index (χ4v) is 3.40. The Morgan fingerprint density at radius 2 is 1.88 bits per heavy atom. The monoisotopic (exact) mass is 270 g/mol. The molecule has 6 nitrogen and oxygen atoms in total. The highest BCUT2D eigenvalue weighted by molar-refractivity contribution is 7.93. The zero-order chi connectivity index (χ0) is 12.5. The van der Waals surface area contributed by atoms with Gasteiger partial charge in [0, 0.05) is 12.1 Å². The second-order valence-corrected chi connectivity index (χ2v) is 6.14. The molecular formula is C9H6N2O4S2. The highest BCUT2D eigenvalue weighted by Crippen LogP contribution is 2.25. The fourth-order valence-electron chi connectivity index (χ4n) is 1.20. The lowest BCUT2D eigenvalue weighted by Gasteiger charge is -2.00. The summed E-state index contributed by atoms with van der Waals surface area (Å²) in [5.41, 5.74) is 1.27. The van der Waals surface area contributed by atoms with Crippen LogP contribution in [0.4, 0.5) is 5.69 Å². The summed E-state index contributed by atoms with van der Waals surface area (Å²) in [5.74, 6) is 0. The van der Waals surface area contributed by atoms with E-state index in [0.717, 1.165) is 23.5 Å². The molecule has 0 saturated carbocycles. The van der Waals surface area contributed by atoms with Gasteiger partial charge in [-0.2, -0.15) is 0 Å². The average molecular weight is 270 g/mol. The van der Waals surface area contributed by atoms with Crippen molar-refractivity contribution in [1.29, 1.82) is 0 Å². The smallest absolute Gasteiger partial charge is 0.258 e. The van der Waals surface area contributed by atoms with Gasteiger partial charge >= 0.3 is 0 Å². The molecule has 0 fully saturated rings. The lowest BCUT2D eigenvalue weighted by molar-refractivity contribution is -0.384. The molecule has 0 radical (unpaired) electrons. The summed E-state index contributed by atoms with van der Waals surface area (Å²) >= 11 is 1.00. The second kappa shape index (κ2) is 4.22. The van der Waals surface area contributed by atoms with Gasteiger partial charge in [0.25, 0.3) is 5.69 Å². The van der Waals surface area contributed by atoms with Gasteiger partial charge in [-0.05, 0) is 12.1 Å². The van der Waals surface area contributed by atoms with Gasteiger partial charge in [-0.15, -0.1) is 11.3 Å². The molecule has 0 amide bonds. The summed E-state index contributed by atoms with van der Waals surface area (Å²) in [7, 11) is -3.60. The number of non-ortho nitro benzene ring substituents is 1. The Hall–Kier alpha value is -1.80. The molecular weight excluding hydrogens is 264 g/mol. The van der Waals surface area contributed by atoms with Gasteiger partial charge in [-0.3, -0.25) is 15.1 Å². The van der Waals surface area contributed by atoms with Crippen LogP contribution in [0.25, 0.3) is 0 Å². The molecule has 0 saturated heterocycles. The van der Waals surface area contributed by atoms with Crippen LogP contribution in [-0.4, -0.2) is 18.3 Å². The number of aromatic nitrogens is 1. The Morgan fingerprint density at radius 3 is 2.35 bits per heavy atom. The Morgan fingerprint density at radius 1 is 1.24 bits per heavy atom. The second-order valence-electron chi connectivity index (χ2n) is 3.07. The molecule has 0 atom stereocenters. The summed E-state index contributed by atoms with van der Waals surface area (Å²) in [6, 6.07) is 4.75. The normalized spacial score (nSPS) is 11.3. The molecule has 8 heteroatoms. The first-order valence-electron chi connectivity index (χ1n) is 4.40. The molecule has 0 unspecified atom stereocenters. The molecule has 0 spiro atoms. The van der Waals surface area contributed by atoms with Crippen molar-refractivity contribution in [3.05, 3.63) is 46.1 Å². The summed E-state index contributed by atoms with van der Waals surface area (Å²) < 4.78 is 24.1. The SMILES string of the molecule is O=[N+]([O-])c1ccc(S(=O)(=O)c2cncs2)cc1. The minimum absolute atomic E-state index is 0.0207. The summed E-state index contributed by atoms with van der Waals surface area (Å²) in [6.07, 6.45) is 1.25. The van der Waals surface area contributed by atoms with Gasteiger partial charge in [-0.25, -0.2) is 8.42 Å². The molecule has 0 bridgehead atoms. The topological polar surface area (TPSA) is 90.2 Å². The van der Waals surface area contributed by atoms with E-state index < -0.39 is 14.8 Å². The third-order valence-electron chi connectivity index (χ3n) is 2.03. The Labute approximate surface area is 101 Å². The number of nitro benzene ring substituents is 1. The number of hydrogen-bond acceptors (Lipinski definition) is 6.